The molecule has 0 saturated heterocycles. The Morgan fingerprint density at radius 3 is 2.46 bits per heavy atom. The fourth-order valence-corrected chi connectivity index (χ4v) is 2.74. The van der Waals surface area contributed by atoms with Crippen molar-refractivity contribution in [3.8, 4) is 0 Å². The van der Waals surface area contributed by atoms with Crippen molar-refractivity contribution in [1.82, 2.24) is 0 Å². The van der Waals surface area contributed by atoms with Crippen LogP contribution >= 0.6 is 0 Å². The minimum Gasteiger partial charge on any atom is -0.481 e. The molecule has 0 heterocycles. The van der Waals surface area contributed by atoms with Gasteiger partial charge in [0.15, 0.2) is 0 Å². The van der Waals surface area contributed by atoms with Crippen LogP contribution in [0, 0.1) is 17.8 Å². The summed E-state index contributed by atoms with van der Waals surface area (Å²) in [6, 6.07) is 0. The normalized spacial score (nSPS) is 39.5. The Bertz CT molecular complexity index is 200. The maximum Gasteiger partial charge on any atom is 0.306 e. The van der Waals surface area contributed by atoms with E-state index in [1.165, 1.54) is 32.1 Å². The number of hydrogen-bond acceptors (Lipinski definition) is 1. The molecule has 0 spiro atoms. The number of hydrogen-bond donors (Lipinski definition) is 1. The summed E-state index contributed by atoms with van der Waals surface area (Å²) in [4.78, 5) is 11.0. The smallest absolute Gasteiger partial charge is 0.306 e. The van der Waals surface area contributed by atoms with Crippen LogP contribution in [-0.2, 0) is 4.79 Å². The van der Waals surface area contributed by atoms with Crippen molar-refractivity contribution in [3.63, 3.8) is 0 Å². The van der Waals surface area contributed by atoms with E-state index >= 15 is 0 Å². The van der Waals surface area contributed by atoms with Gasteiger partial charge in [-0.15, -0.1) is 0 Å². The van der Waals surface area contributed by atoms with Gasteiger partial charge in [0.1, 0.15) is 0 Å². The summed E-state index contributed by atoms with van der Waals surface area (Å²) >= 11 is 0. The van der Waals surface area contributed by atoms with Crippen molar-refractivity contribution in [3.05, 3.63) is 0 Å². The number of fused-ring (bicyclic) bond motifs is 1. The van der Waals surface area contributed by atoms with E-state index in [2.05, 4.69) is 0 Å². The zero-order valence-electron chi connectivity index (χ0n) is 8.04. The molecule has 74 valence electrons. The highest BCUT2D eigenvalue weighted by atomic mass is 16.4. The van der Waals surface area contributed by atoms with Crippen molar-refractivity contribution in [2.75, 3.05) is 0 Å². The lowest BCUT2D eigenvalue weighted by atomic mass is 9.96. The Morgan fingerprint density at radius 1 is 1.08 bits per heavy atom. The van der Waals surface area contributed by atoms with Crippen LogP contribution in [-0.4, -0.2) is 11.1 Å². The zero-order chi connectivity index (χ0) is 9.26. The van der Waals surface area contributed by atoms with E-state index in [0.29, 0.717) is 5.92 Å². The van der Waals surface area contributed by atoms with Gasteiger partial charge in [-0.05, 0) is 24.7 Å². The molecule has 13 heavy (non-hydrogen) atoms. The van der Waals surface area contributed by atoms with E-state index in [-0.39, 0.29) is 5.92 Å². The van der Waals surface area contributed by atoms with Crippen LogP contribution in [0.4, 0.5) is 0 Å². The summed E-state index contributed by atoms with van der Waals surface area (Å²) in [5.41, 5.74) is 0. The molecule has 0 radical (unpaired) electrons. The minimum atomic E-state index is -0.547. The monoisotopic (exact) mass is 182 g/mol. The topological polar surface area (TPSA) is 37.3 Å². The highest BCUT2D eigenvalue weighted by Gasteiger charge is 2.45. The van der Waals surface area contributed by atoms with E-state index in [1.807, 2.05) is 0 Å². The molecule has 1 N–H and O–H groups in total. The van der Waals surface area contributed by atoms with Crippen LogP contribution in [0.2, 0.25) is 0 Å². The highest BCUT2D eigenvalue weighted by Crippen LogP contribution is 2.49. The lowest BCUT2D eigenvalue weighted by molar-refractivity contribution is -0.142. The first-order chi connectivity index (χ1) is 6.29. The molecule has 0 amide bonds. The van der Waals surface area contributed by atoms with E-state index in [4.69, 9.17) is 5.11 Å². The van der Waals surface area contributed by atoms with Crippen molar-refractivity contribution < 1.29 is 9.90 Å². The van der Waals surface area contributed by atoms with Crippen LogP contribution < -0.4 is 0 Å². The minimum absolute atomic E-state index is 0.0110. The Morgan fingerprint density at radius 2 is 1.77 bits per heavy atom. The van der Waals surface area contributed by atoms with Gasteiger partial charge in [-0.3, -0.25) is 4.79 Å². The van der Waals surface area contributed by atoms with E-state index in [9.17, 15) is 4.79 Å². The third-order valence-electron chi connectivity index (χ3n) is 3.65. The summed E-state index contributed by atoms with van der Waals surface area (Å²) in [5.74, 6) is 0.743. The number of carboxylic acid groups (broad SMARTS) is 1. The second kappa shape index (κ2) is 3.69. The molecule has 0 aromatic carbocycles. The summed E-state index contributed by atoms with van der Waals surface area (Å²) in [6.07, 6.45) is 8.41. The molecular weight excluding hydrogens is 164 g/mol. The SMILES string of the molecule is O=C(O)C1CCCCCCC2CC21. The van der Waals surface area contributed by atoms with Gasteiger partial charge in [0.25, 0.3) is 0 Å². The molecule has 0 aromatic rings. The van der Waals surface area contributed by atoms with Gasteiger partial charge in [0.2, 0.25) is 0 Å². The first-order valence-corrected chi connectivity index (χ1v) is 5.52. The lowest BCUT2D eigenvalue weighted by Crippen LogP contribution is -2.16. The Labute approximate surface area is 79.3 Å². The molecule has 2 saturated carbocycles. The quantitative estimate of drug-likeness (QED) is 0.677. The Hall–Kier alpha value is -0.530. The van der Waals surface area contributed by atoms with Crippen LogP contribution in [0.15, 0.2) is 0 Å². The van der Waals surface area contributed by atoms with Gasteiger partial charge in [0.05, 0.1) is 5.92 Å². The summed E-state index contributed by atoms with van der Waals surface area (Å²) < 4.78 is 0. The largest absolute Gasteiger partial charge is 0.481 e. The molecule has 2 heteroatoms. The molecule has 3 atom stereocenters. The Kier molecular flexibility index (Phi) is 2.56. The van der Waals surface area contributed by atoms with Crippen LogP contribution in [0.3, 0.4) is 0 Å². The van der Waals surface area contributed by atoms with E-state index < -0.39 is 5.97 Å². The molecule has 0 aromatic heterocycles. The van der Waals surface area contributed by atoms with Gasteiger partial charge in [-0.2, -0.15) is 0 Å². The molecule has 2 aliphatic rings. The third kappa shape index (κ3) is 2.04. The maximum absolute atomic E-state index is 11.0. The lowest BCUT2D eigenvalue weighted by Gasteiger charge is -2.09. The Balaban J connectivity index is 1.95. The zero-order valence-corrected chi connectivity index (χ0v) is 8.04. The molecule has 0 aliphatic heterocycles. The van der Waals surface area contributed by atoms with Crippen molar-refractivity contribution in [2.24, 2.45) is 17.8 Å². The van der Waals surface area contributed by atoms with Gasteiger partial charge < -0.3 is 5.11 Å². The van der Waals surface area contributed by atoms with Crippen molar-refractivity contribution >= 4 is 5.97 Å². The van der Waals surface area contributed by atoms with Crippen LogP contribution in [0.25, 0.3) is 0 Å². The first-order valence-electron chi connectivity index (χ1n) is 5.52. The van der Waals surface area contributed by atoms with Crippen molar-refractivity contribution in [1.29, 1.82) is 0 Å². The number of carboxylic acids is 1. The van der Waals surface area contributed by atoms with Crippen LogP contribution in [0.1, 0.15) is 44.9 Å². The summed E-state index contributed by atoms with van der Waals surface area (Å²) in [7, 11) is 0. The van der Waals surface area contributed by atoms with Crippen molar-refractivity contribution in [2.45, 2.75) is 44.9 Å². The number of aliphatic carboxylic acids is 1. The standard InChI is InChI=1S/C11H18O2/c12-11(13)9-6-4-2-1-3-5-8-7-10(8)9/h8-10H,1-7H2,(H,12,13). The average Bonchev–Trinajstić information content (AvgIpc) is 2.81. The van der Waals surface area contributed by atoms with E-state index in [1.54, 1.807) is 0 Å². The molecule has 2 rings (SSSR count). The number of rotatable bonds is 1. The highest BCUT2D eigenvalue weighted by molar-refractivity contribution is 5.70. The number of carbonyl (C=O) groups is 1. The predicted molar refractivity (Wildman–Crippen MR) is 50.4 cm³/mol. The second-order valence-electron chi connectivity index (χ2n) is 4.60. The third-order valence-corrected chi connectivity index (χ3v) is 3.65. The molecule has 2 aliphatic carbocycles. The van der Waals surface area contributed by atoms with Crippen LogP contribution in [0.5, 0.6) is 0 Å². The molecule has 2 fully saturated rings. The predicted octanol–water partition coefficient (Wildman–Crippen LogP) is 2.68. The second-order valence-corrected chi connectivity index (χ2v) is 4.60. The average molecular weight is 182 g/mol. The van der Waals surface area contributed by atoms with E-state index in [0.717, 1.165) is 18.8 Å². The fraction of sp³-hybridized carbons (Fsp3) is 0.909. The van der Waals surface area contributed by atoms with Gasteiger partial charge in [-0.1, -0.05) is 32.1 Å². The molecular formula is C11H18O2. The van der Waals surface area contributed by atoms with Gasteiger partial charge in [0, 0.05) is 0 Å². The molecule has 0 bridgehead atoms. The summed E-state index contributed by atoms with van der Waals surface area (Å²) in [5, 5.41) is 9.04. The van der Waals surface area contributed by atoms with Gasteiger partial charge >= 0.3 is 5.97 Å². The fourth-order valence-electron chi connectivity index (χ4n) is 2.74. The maximum atomic E-state index is 11.0. The van der Waals surface area contributed by atoms with Gasteiger partial charge in [-0.25, -0.2) is 0 Å². The molecule has 2 nitrogen and oxygen atoms in total. The summed E-state index contributed by atoms with van der Waals surface area (Å²) in [6.45, 7) is 0. The molecule has 3 unspecified atom stereocenters. The first kappa shape index (κ1) is 9.04.